The lowest BCUT2D eigenvalue weighted by atomic mass is 9.90. The highest BCUT2D eigenvalue weighted by Crippen LogP contribution is 2.31. The van der Waals surface area contributed by atoms with Gasteiger partial charge in [-0.2, -0.15) is 0 Å². The highest BCUT2D eigenvalue weighted by molar-refractivity contribution is 7.13. The zero-order valence-electron chi connectivity index (χ0n) is 11.1. The Labute approximate surface area is 120 Å². The number of thiophene rings is 1. The van der Waals surface area contributed by atoms with E-state index in [1.54, 1.807) is 18.3 Å². The molecule has 1 saturated heterocycles. The number of rotatable bonds is 4. The minimum Gasteiger partial charge on any atom is -0.481 e. The van der Waals surface area contributed by atoms with E-state index in [9.17, 15) is 9.90 Å². The molecule has 0 aromatic carbocycles. The van der Waals surface area contributed by atoms with Gasteiger partial charge in [-0.15, -0.1) is 21.5 Å². The van der Waals surface area contributed by atoms with Crippen molar-refractivity contribution in [2.75, 3.05) is 13.1 Å². The molecule has 0 amide bonds. The summed E-state index contributed by atoms with van der Waals surface area (Å²) in [7, 11) is 0. The summed E-state index contributed by atoms with van der Waals surface area (Å²) in [4.78, 5) is 14.2. The molecular weight excluding hydrogens is 278 g/mol. The van der Waals surface area contributed by atoms with Crippen LogP contribution in [0.4, 0.5) is 0 Å². The van der Waals surface area contributed by atoms with Gasteiger partial charge >= 0.3 is 5.97 Å². The van der Waals surface area contributed by atoms with Gasteiger partial charge in [0, 0.05) is 6.54 Å². The normalized spacial score (nSPS) is 23.2. The van der Waals surface area contributed by atoms with Crippen molar-refractivity contribution in [2.24, 2.45) is 5.41 Å². The van der Waals surface area contributed by atoms with Gasteiger partial charge in [0.1, 0.15) is 0 Å². The van der Waals surface area contributed by atoms with E-state index in [0.717, 1.165) is 11.4 Å². The Hall–Kier alpha value is -1.73. The summed E-state index contributed by atoms with van der Waals surface area (Å²) < 4.78 is 5.62. The van der Waals surface area contributed by atoms with Crippen LogP contribution >= 0.6 is 11.3 Å². The molecule has 3 heterocycles. The lowest BCUT2D eigenvalue weighted by Crippen LogP contribution is -2.31. The number of carbonyl (C=O) groups is 1. The molecule has 0 aliphatic carbocycles. The maximum absolute atomic E-state index is 11.2. The van der Waals surface area contributed by atoms with E-state index in [1.165, 1.54) is 0 Å². The van der Waals surface area contributed by atoms with Gasteiger partial charge in [0.25, 0.3) is 5.89 Å². The third kappa shape index (κ3) is 2.46. The first-order chi connectivity index (χ1) is 9.57. The third-order valence-electron chi connectivity index (χ3n) is 3.63. The minimum atomic E-state index is -0.746. The summed E-state index contributed by atoms with van der Waals surface area (Å²) in [5.41, 5.74) is -0.670. The molecule has 0 spiro atoms. The number of nitrogens with zero attached hydrogens (tertiary/aromatic N) is 3. The number of carboxylic acids is 1. The zero-order valence-corrected chi connectivity index (χ0v) is 11.9. The monoisotopic (exact) mass is 293 g/mol. The molecule has 106 valence electrons. The molecule has 0 saturated carbocycles. The van der Waals surface area contributed by atoms with Crippen molar-refractivity contribution in [1.29, 1.82) is 0 Å². The van der Waals surface area contributed by atoms with Crippen molar-refractivity contribution in [3.63, 3.8) is 0 Å². The lowest BCUT2D eigenvalue weighted by molar-refractivity contribution is -0.147. The van der Waals surface area contributed by atoms with Crippen molar-refractivity contribution < 1.29 is 14.3 Å². The summed E-state index contributed by atoms with van der Waals surface area (Å²) in [5, 5.41) is 19.2. The van der Waals surface area contributed by atoms with E-state index in [0.29, 0.717) is 31.3 Å². The average molecular weight is 293 g/mol. The van der Waals surface area contributed by atoms with Crippen LogP contribution in [0.1, 0.15) is 19.2 Å². The molecule has 1 atom stereocenters. The Balaban J connectivity index is 1.66. The van der Waals surface area contributed by atoms with Crippen LogP contribution in [0, 0.1) is 5.41 Å². The molecule has 3 rings (SSSR count). The molecule has 1 aliphatic heterocycles. The van der Waals surface area contributed by atoms with Crippen LogP contribution in [0.3, 0.4) is 0 Å². The van der Waals surface area contributed by atoms with Crippen molar-refractivity contribution in [3.8, 4) is 10.8 Å². The van der Waals surface area contributed by atoms with E-state index in [2.05, 4.69) is 10.2 Å². The molecule has 7 heteroatoms. The van der Waals surface area contributed by atoms with Crippen molar-refractivity contribution >= 4 is 17.3 Å². The average Bonchev–Trinajstić information content (AvgIpc) is 3.10. The fourth-order valence-electron chi connectivity index (χ4n) is 2.37. The van der Waals surface area contributed by atoms with Crippen LogP contribution in [0.25, 0.3) is 10.8 Å². The Morgan fingerprint density at radius 3 is 3.10 bits per heavy atom. The largest absolute Gasteiger partial charge is 0.481 e. The molecule has 6 nitrogen and oxygen atoms in total. The first-order valence-corrected chi connectivity index (χ1v) is 7.27. The molecule has 2 aromatic rings. The number of hydrogen-bond acceptors (Lipinski definition) is 6. The number of likely N-dealkylation sites (tertiary alicyclic amines) is 1. The van der Waals surface area contributed by atoms with Crippen LogP contribution in [0.5, 0.6) is 0 Å². The van der Waals surface area contributed by atoms with E-state index in [4.69, 9.17) is 4.42 Å². The molecule has 1 fully saturated rings. The van der Waals surface area contributed by atoms with Crippen molar-refractivity contribution in [1.82, 2.24) is 15.1 Å². The zero-order chi connectivity index (χ0) is 14.2. The van der Waals surface area contributed by atoms with Gasteiger partial charge in [-0.05, 0) is 31.3 Å². The van der Waals surface area contributed by atoms with Gasteiger partial charge in [0.15, 0.2) is 0 Å². The smallest absolute Gasteiger partial charge is 0.310 e. The Morgan fingerprint density at radius 1 is 1.60 bits per heavy atom. The molecule has 1 unspecified atom stereocenters. The Morgan fingerprint density at radius 2 is 2.45 bits per heavy atom. The highest BCUT2D eigenvalue weighted by Gasteiger charge is 2.40. The maximum Gasteiger partial charge on any atom is 0.310 e. The SMILES string of the molecule is CC1(C(=O)O)CCN(Cc2nnc(-c3cccs3)o2)C1. The van der Waals surface area contributed by atoms with Gasteiger partial charge in [-0.3, -0.25) is 9.69 Å². The minimum absolute atomic E-state index is 0.501. The first kappa shape index (κ1) is 13.3. The number of aromatic nitrogens is 2. The number of hydrogen-bond donors (Lipinski definition) is 1. The van der Waals surface area contributed by atoms with E-state index >= 15 is 0 Å². The van der Waals surface area contributed by atoms with Crippen molar-refractivity contribution in [2.45, 2.75) is 19.9 Å². The Kier molecular flexibility index (Phi) is 3.31. The maximum atomic E-state index is 11.2. The molecule has 0 bridgehead atoms. The molecular formula is C13H15N3O3S. The third-order valence-corrected chi connectivity index (χ3v) is 4.48. The standard InChI is InChI=1S/C13H15N3O3S/c1-13(12(17)18)4-5-16(8-13)7-10-14-15-11(19-10)9-3-2-6-20-9/h2-3,6H,4-5,7-8H2,1H3,(H,17,18). The van der Waals surface area contributed by atoms with E-state index in [-0.39, 0.29) is 0 Å². The highest BCUT2D eigenvalue weighted by atomic mass is 32.1. The second-order valence-electron chi connectivity index (χ2n) is 5.30. The topological polar surface area (TPSA) is 79.5 Å². The van der Waals surface area contributed by atoms with Gasteiger partial charge in [0.2, 0.25) is 5.89 Å². The summed E-state index contributed by atoms with van der Waals surface area (Å²) >= 11 is 1.55. The molecule has 1 N–H and O–H groups in total. The van der Waals surface area contributed by atoms with Crippen LogP contribution in [-0.4, -0.2) is 39.3 Å². The van der Waals surface area contributed by atoms with Crippen LogP contribution in [0.15, 0.2) is 21.9 Å². The molecule has 20 heavy (non-hydrogen) atoms. The quantitative estimate of drug-likeness (QED) is 0.930. The van der Waals surface area contributed by atoms with Crippen LogP contribution < -0.4 is 0 Å². The number of aliphatic carboxylic acids is 1. The predicted octanol–water partition coefficient (Wildman–Crippen LogP) is 2.09. The summed E-state index contributed by atoms with van der Waals surface area (Å²) in [5.74, 6) is 0.308. The van der Waals surface area contributed by atoms with Crippen LogP contribution in [-0.2, 0) is 11.3 Å². The van der Waals surface area contributed by atoms with Gasteiger partial charge in [0.05, 0.1) is 16.8 Å². The molecule has 0 radical (unpaired) electrons. The fourth-order valence-corrected chi connectivity index (χ4v) is 3.02. The summed E-state index contributed by atoms with van der Waals surface area (Å²) in [6, 6.07) is 3.86. The predicted molar refractivity (Wildman–Crippen MR) is 73.2 cm³/mol. The second kappa shape index (κ2) is 4.99. The van der Waals surface area contributed by atoms with Gasteiger partial charge < -0.3 is 9.52 Å². The lowest BCUT2D eigenvalue weighted by Gasteiger charge is -2.18. The summed E-state index contributed by atoms with van der Waals surface area (Å²) in [6.07, 6.45) is 0.647. The van der Waals surface area contributed by atoms with Gasteiger partial charge in [-0.1, -0.05) is 6.07 Å². The summed E-state index contributed by atoms with van der Waals surface area (Å²) in [6.45, 7) is 3.53. The van der Waals surface area contributed by atoms with Gasteiger partial charge in [-0.25, -0.2) is 0 Å². The molecule has 1 aliphatic rings. The van der Waals surface area contributed by atoms with E-state index < -0.39 is 11.4 Å². The van der Waals surface area contributed by atoms with Crippen LogP contribution in [0.2, 0.25) is 0 Å². The van der Waals surface area contributed by atoms with Crippen molar-refractivity contribution in [3.05, 3.63) is 23.4 Å². The van der Waals surface area contributed by atoms with E-state index in [1.807, 2.05) is 22.4 Å². The first-order valence-electron chi connectivity index (χ1n) is 6.39. The molecule has 2 aromatic heterocycles. The second-order valence-corrected chi connectivity index (χ2v) is 6.25. The Bertz CT molecular complexity index is 610. The number of carboxylic acid groups (broad SMARTS) is 1. The fraction of sp³-hybridized carbons (Fsp3) is 0.462.